The third kappa shape index (κ3) is 6.56. The van der Waals surface area contributed by atoms with Crippen LogP contribution < -0.4 is 20.0 Å². The van der Waals surface area contributed by atoms with E-state index in [2.05, 4.69) is 38.3 Å². The molecule has 4 aromatic rings. The molecule has 11 heteroatoms. The summed E-state index contributed by atoms with van der Waals surface area (Å²) in [6, 6.07) is 31.0. The Bertz CT molecular complexity index is 2140. The summed E-state index contributed by atoms with van der Waals surface area (Å²) in [5.74, 6) is -1.17. The van der Waals surface area contributed by atoms with Crippen LogP contribution in [0.4, 0.5) is 17.1 Å². The minimum atomic E-state index is -1.88. The van der Waals surface area contributed by atoms with E-state index in [1.54, 1.807) is 34.9 Å². The predicted octanol–water partition coefficient (Wildman–Crippen LogP) is 5.64. The van der Waals surface area contributed by atoms with Crippen LogP contribution in [-0.4, -0.2) is 70.8 Å². The second kappa shape index (κ2) is 15.0. The van der Waals surface area contributed by atoms with E-state index in [1.807, 2.05) is 83.8 Å². The lowest BCUT2D eigenvalue weighted by Crippen LogP contribution is -2.55. The molecule has 2 saturated heterocycles. The first-order valence-corrected chi connectivity index (χ1v) is 19.9. The monoisotopic (exact) mass is 803 g/mol. The number of hydrogen-bond donors (Lipinski definition) is 3. The lowest BCUT2D eigenvalue weighted by atomic mass is 9.83. The van der Waals surface area contributed by atoms with E-state index in [0.717, 1.165) is 45.6 Å². The van der Waals surface area contributed by atoms with E-state index in [0.29, 0.717) is 43.7 Å². The number of nitrogens with zero attached hydrogens (tertiary/aromatic N) is 4. The number of carbonyl (C=O) groups is 3. The Morgan fingerprint density at radius 3 is 2.42 bits per heavy atom. The van der Waals surface area contributed by atoms with Crippen molar-refractivity contribution in [2.24, 2.45) is 5.92 Å². The normalized spacial score (nSPS) is 22.4. The Hall–Kier alpha value is -4.81. The SMILES string of the molecule is C[C@@H](/C=C/CC(=O)N1Cc2ccccc2C[C@H]1CO)[C@]1(O)C(=O)N(Cc2cccc(N3CN(c4ccccc4)C4(CCNCC4)C3=O)c2)c2ccc(Br)cc21. The van der Waals surface area contributed by atoms with Crippen LogP contribution in [0, 0.1) is 5.92 Å². The van der Waals surface area contributed by atoms with Crippen molar-refractivity contribution in [1.82, 2.24) is 10.2 Å². The highest BCUT2D eigenvalue weighted by Crippen LogP contribution is 2.47. The molecular formula is C44H46BrN5O5. The average molecular weight is 805 g/mol. The number of para-hydroxylation sites is 1. The lowest BCUT2D eigenvalue weighted by molar-refractivity contribution is -0.139. The molecule has 0 aliphatic carbocycles. The first kappa shape index (κ1) is 37.1. The molecular weight excluding hydrogens is 758 g/mol. The van der Waals surface area contributed by atoms with Crippen LogP contribution in [-0.2, 0) is 39.5 Å². The van der Waals surface area contributed by atoms with Crippen LogP contribution in [0.3, 0.4) is 0 Å². The van der Waals surface area contributed by atoms with Crippen LogP contribution in [0.5, 0.6) is 0 Å². The van der Waals surface area contributed by atoms with Crippen molar-refractivity contribution in [2.45, 2.75) is 62.9 Å². The fraction of sp³-hybridized carbons (Fsp3) is 0.341. The molecule has 0 unspecified atom stereocenters. The maximum atomic E-state index is 14.4. The number of anilines is 3. The molecule has 284 valence electrons. The summed E-state index contributed by atoms with van der Waals surface area (Å²) in [4.78, 5) is 49.6. The molecule has 0 saturated carbocycles. The number of amides is 3. The van der Waals surface area contributed by atoms with Gasteiger partial charge in [-0.3, -0.25) is 19.3 Å². The molecule has 3 amide bonds. The average Bonchev–Trinajstić information content (AvgIpc) is 3.60. The summed E-state index contributed by atoms with van der Waals surface area (Å²) < 4.78 is 0.732. The molecule has 55 heavy (non-hydrogen) atoms. The number of fused-ring (bicyclic) bond motifs is 2. The topological polar surface area (TPSA) is 117 Å². The minimum absolute atomic E-state index is 0.0733. The van der Waals surface area contributed by atoms with Crippen molar-refractivity contribution in [1.29, 1.82) is 0 Å². The highest BCUT2D eigenvalue weighted by molar-refractivity contribution is 9.10. The van der Waals surface area contributed by atoms with E-state index in [4.69, 9.17) is 0 Å². The van der Waals surface area contributed by atoms with Gasteiger partial charge in [0.05, 0.1) is 31.5 Å². The van der Waals surface area contributed by atoms with Crippen LogP contribution in [0.1, 0.15) is 48.4 Å². The van der Waals surface area contributed by atoms with Crippen molar-refractivity contribution >= 4 is 50.7 Å². The number of hydrogen-bond acceptors (Lipinski definition) is 7. The molecule has 2 fully saturated rings. The number of rotatable bonds is 9. The number of benzene rings is 4. The first-order valence-electron chi connectivity index (χ1n) is 19.1. The van der Waals surface area contributed by atoms with Gasteiger partial charge >= 0.3 is 0 Å². The summed E-state index contributed by atoms with van der Waals surface area (Å²) in [6.45, 7) is 4.23. The van der Waals surface area contributed by atoms with E-state index in [-0.39, 0.29) is 37.4 Å². The van der Waals surface area contributed by atoms with Gasteiger partial charge in [-0.2, -0.15) is 0 Å². The third-order valence-corrected chi connectivity index (χ3v) is 12.5. The van der Waals surface area contributed by atoms with Gasteiger partial charge in [-0.15, -0.1) is 0 Å². The number of piperidine rings is 1. The van der Waals surface area contributed by atoms with Crippen LogP contribution in [0.25, 0.3) is 0 Å². The van der Waals surface area contributed by atoms with Gasteiger partial charge in [0.2, 0.25) is 5.91 Å². The second-order valence-electron chi connectivity index (χ2n) is 15.2. The Morgan fingerprint density at radius 1 is 0.927 bits per heavy atom. The van der Waals surface area contributed by atoms with Crippen molar-refractivity contribution in [3.63, 3.8) is 0 Å². The molecule has 3 atom stereocenters. The van der Waals surface area contributed by atoms with Crippen LogP contribution >= 0.6 is 15.9 Å². The molecule has 4 heterocycles. The largest absolute Gasteiger partial charge is 0.394 e. The second-order valence-corrected chi connectivity index (χ2v) is 16.1. The molecule has 0 radical (unpaired) electrons. The number of aliphatic hydroxyl groups is 2. The van der Waals surface area contributed by atoms with Crippen molar-refractivity contribution in [2.75, 3.05) is 41.1 Å². The Labute approximate surface area is 330 Å². The summed E-state index contributed by atoms with van der Waals surface area (Å²) in [5, 5.41) is 25.8. The number of nitrogens with one attached hydrogen (secondary N) is 1. The van der Waals surface area contributed by atoms with Gasteiger partial charge in [0.25, 0.3) is 11.8 Å². The predicted molar refractivity (Wildman–Crippen MR) is 216 cm³/mol. The zero-order valence-electron chi connectivity index (χ0n) is 30.9. The summed E-state index contributed by atoms with van der Waals surface area (Å²) in [5.41, 5.74) is 3.40. The molecule has 4 aliphatic rings. The van der Waals surface area contributed by atoms with Gasteiger partial charge in [0.1, 0.15) is 5.54 Å². The van der Waals surface area contributed by atoms with Gasteiger partial charge in [-0.1, -0.05) is 89.6 Å². The number of aliphatic hydroxyl groups excluding tert-OH is 1. The molecule has 0 bridgehead atoms. The Balaban J connectivity index is 1.01. The van der Waals surface area contributed by atoms with Crippen molar-refractivity contribution < 1.29 is 24.6 Å². The van der Waals surface area contributed by atoms with Gasteiger partial charge < -0.3 is 30.2 Å². The van der Waals surface area contributed by atoms with E-state index in [9.17, 15) is 24.6 Å². The van der Waals surface area contributed by atoms with E-state index < -0.39 is 23.0 Å². The van der Waals surface area contributed by atoms with Gasteiger partial charge in [-0.05, 0) is 91.5 Å². The molecule has 8 rings (SSSR count). The van der Waals surface area contributed by atoms with Crippen molar-refractivity contribution in [3.8, 4) is 0 Å². The van der Waals surface area contributed by atoms with E-state index in [1.165, 1.54) is 0 Å². The van der Waals surface area contributed by atoms with Gasteiger partial charge in [0.15, 0.2) is 5.60 Å². The number of halogens is 1. The van der Waals surface area contributed by atoms with Gasteiger partial charge in [0, 0.05) is 40.3 Å². The van der Waals surface area contributed by atoms with Crippen molar-refractivity contribution in [3.05, 3.63) is 136 Å². The molecule has 4 aromatic carbocycles. The Kier molecular flexibility index (Phi) is 10.1. The zero-order chi connectivity index (χ0) is 38.3. The highest BCUT2D eigenvalue weighted by Gasteiger charge is 2.54. The molecule has 3 N–H and O–H groups in total. The molecule has 4 aliphatic heterocycles. The summed E-state index contributed by atoms with van der Waals surface area (Å²) in [6.07, 6.45) is 5.55. The third-order valence-electron chi connectivity index (χ3n) is 12.0. The minimum Gasteiger partial charge on any atom is -0.394 e. The lowest BCUT2D eigenvalue weighted by Gasteiger charge is -2.39. The fourth-order valence-electron chi connectivity index (χ4n) is 8.92. The number of carbonyl (C=O) groups excluding carboxylic acids is 3. The highest BCUT2D eigenvalue weighted by atomic mass is 79.9. The van der Waals surface area contributed by atoms with Crippen LogP contribution in [0.15, 0.2) is 114 Å². The van der Waals surface area contributed by atoms with E-state index >= 15 is 0 Å². The molecule has 10 nitrogen and oxygen atoms in total. The Morgan fingerprint density at radius 2 is 1.65 bits per heavy atom. The fourth-order valence-corrected chi connectivity index (χ4v) is 9.28. The van der Waals surface area contributed by atoms with Crippen LogP contribution in [0.2, 0.25) is 0 Å². The smallest absolute Gasteiger partial charge is 0.264 e. The quantitative estimate of drug-likeness (QED) is 0.188. The zero-order valence-corrected chi connectivity index (χ0v) is 32.5. The molecule has 0 aromatic heterocycles. The summed E-state index contributed by atoms with van der Waals surface area (Å²) >= 11 is 3.54. The van der Waals surface area contributed by atoms with Gasteiger partial charge in [-0.25, -0.2) is 0 Å². The molecule has 1 spiro atoms. The maximum Gasteiger partial charge on any atom is 0.264 e. The standard InChI is InChI=1S/C44H46BrN5O5/c1-30(9-7-16-40(52)47-27-33-12-6-5-11-32(33)24-37(47)28-51)44(55)38-25-34(45)17-18-39(38)48(42(44)54)26-31-10-8-15-36(23-31)49-29-50(35-13-3-2-4-14-35)43(41(49)53)19-21-46-22-20-43/h2-15,17-18,23,25,30,37,46,51,55H,16,19-22,24,26-29H2,1H3/b9-7+/t30-,37-,44+/m0/s1. The maximum absolute atomic E-state index is 14.4. The first-order chi connectivity index (χ1) is 26.6. The summed E-state index contributed by atoms with van der Waals surface area (Å²) in [7, 11) is 0.